The highest BCUT2D eigenvalue weighted by molar-refractivity contribution is 5.84. The van der Waals surface area contributed by atoms with E-state index in [2.05, 4.69) is 24.1 Å². The van der Waals surface area contributed by atoms with Crippen molar-refractivity contribution in [2.24, 2.45) is 5.73 Å². The molecule has 1 aliphatic heterocycles. The third-order valence-corrected chi connectivity index (χ3v) is 5.48. The lowest BCUT2D eigenvalue weighted by atomic mass is 9.76. The molecule has 2 rings (SSSR count). The molecule has 0 aromatic rings. The second-order valence-corrected chi connectivity index (χ2v) is 6.90. The summed E-state index contributed by atoms with van der Waals surface area (Å²) in [5.74, 6) is -0.155. The lowest BCUT2D eigenvalue weighted by Crippen LogP contribution is -2.61. The topological polar surface area (TPSA) is 58.4 Å². The zero-order valence-corrected chi connectivity index (χ0v) is 13.9. The largest absolute Gasteiger partial charge is 0.368 e. The first-order valence-electron chi connectivity index (χ1n) is 8.93. The van der Waals surface area contributed by atoms with Gasteiger partial charge in [0.25, 0.3) is 0 Å². The van der Waals surface area contributed by atoms with E-state index in [-0.39, 0.29) is 5.91 Å². The molecule has 1 amide bonds. The fourth-order valence-corrected chi connectivity index (χ4v) is 4.49. The molecule has 0 aromatic carbocycles. The van der Waals surface area contributed by atoms with Gasteiger partial charge in [-0.2, -0.15) is 0 Å². The minimum absolute atomic E-state index is 0.155. The molecule has 3 unspecified atom stereocenters. The van der Waals surface area contributed by atoms with Crippen molar-refractivity contribution in [2.75, 3.05) is 13.1 Å². The van der Waals surface area contributed by atoms with Gasteiger partial charge in [0, 0.05) is 12.1 Å². The molecule has 1 saturated heterocycles. The van der Waals surface area contributed by atoms with Crippen molar-refractivity contribution in [2.45, 2.75) is 89.3 Å². The molecule has 2 aliphatic rings. The Morgan fingerprint density at radius 3 is 2.76 bits per heavy atom. The highest BCUT2D eigenvalue weighted by Gasteiger charge is 2.43. The van der Waals surface area contributed by atoms with E-state index < -0.39 is 5.54 Å². The average Bonchev–Trinajstić information content (AvgIpc) is 2.48. The molecular formula is C17H33N3O. The van der Waals surface area contributed by atoms with Gasteiger partial charge in [0.2, 0.25) is 5.91 Å². The van der Waals surface area contributed by atoms with Crippen LogP contribution in [0.2, 0.25) is 0 Å². The van der Waals surface area contributed by atoms with Gasteiger partial charge < -0.3 is 11.1 Å². The Bertz CT molecular complexity index is 341. The van der Waals surface area contributed by atoms with Crippen LogP contribution in [0.3, 0.4) is 0 Å². The van der Waals surface area contributed by atoms with Crippen LogP contribution in [-0.4, -0.2) is 41.5 Å². The molecular weight excluding hydrogens is 262 g/mol. The van der Waals surface area contributed by atoms with E-state index in [0.29, 0.717) is 6.04 Å². The van der Waals surface area contributed by atoms with Crippen molar-refractivity contribution in [3.63, 3.8) is 0 Å². The first kappa shape index (κ1) is 16.8. The van der Waals surface area contributed by atoms with Gasteiger partial charge in [0.05, 0.1) is 5.54 Å². The van der Waals surface area contributed by atoms with Crippen LogP contribution in [0.4, 0.5) is 0 Å². The second kappa shape index (κ2) is 7.59. The van der Waals surface area contributed by atoms with Crippen LogP contribution in [0.25, 0.3) is 0 Å². The molecule has 1 heterocycles. The number of piperidine rings is 1. The quantitative estimate of drug-likeness (QED) is 0.791. The fourth-order valence-electron chi connectivity index (χ4n) is 4.49. The Morgan fingerprint density at radius 2 is 2.10 bits per heavy atom. The number of nitrogens with zero attached hydrogens (tertiary/aromatic N) is 1. The highest BCUT2D eigenvalue weighted by Crippen LogP contribution is 2.35. The monoisotopic (exact) mass is 295 g/mol. The van der Waals surface area contributed by atoms with Crippen molar-refractivity contribution in [1.82, 2.24) is 10.2 Å². The summed E-state index contributed by atoms with van der Waals surface area (Å²) >= 11 is 0. The van der Waals surface area contributed by atoms with Gasteiger partial charge in [0.15, 0.2) is 0 Å². The van der Waals surface area contributed by atoms with Crippen LogP contribution in [-0.2, 0) is 4.79 Å². The number of likely N-dealkylation sites (tertiary alicyclic amines) is 1. The number of amides is 1. The normalized spacial score (nSPS) is 34.8. The number of primary amides is 1. The molecule has 1 saturated carbocycles. The van der Waals surface area contributed by atoms with Crippen molar-refractivity contribution in [1.29, 1.82) is 0 Å². The zero-order chi connectivity index (χ0) is 15.3. The molecule has 4 heteroatoms. The number of hydrogen-bond donors (Lipinski definition) is 2. The molecule has 1 aliphatic carbocycles. The average molecular weight is 295 g/mol. The minimum Gasteiger partial charge on any atom is -0.368 e. The Kier molecular flexibility index (Phi) is 6.06. The molecule has 21 heavy (non-hydrogen) atoms. The van der Waals surface area contributed by atoms with Crippen LogP contribution in [0.5, 0.6) is 0 Å². The molecule has 3 atom stereocenters. The van der Waals surface area contributed by atoms with E-state index in [9.17, 15) is 4.79 Å². The maximum absolute atomic E-state index is 12.0. The third kappa shape index (κ3) is 3.78. The molecule has 122 valence electrons. The molecule has 0 bridgehead atoms. The van der Waals surface area contributed by atoms with Crippen LogP contribution in [0.15, 0.2) is 0 Å². The van der Waals surface area contributed by atoms with E-state index in [1.165, 1.54) is 45.1 Å². The summed E-state index contributed by atoms with van der Waals surface area (Å²) in [6.45, 7) is 6.36. The van der Waals surface area contributed by atoms with E-state index >= 15 is 0 Å². The number of carbonyl (C=O) groups is 1. The van der Waals surface area contributed by atoms with Crippen molar-refractivity contribution in [3.8, 4) is 0 Å². The predicted octanol–water partition coefficient (Wildman–Crippen LogP) is 2.42. The number of nitrogens with one attached hydrogen (secondary N) is 1. The first-order chi connectivity index (χ1) is 10.1. The van der Waals surface area contributed by atoms with Crippen LogP contribution in [0, 0.1) is 0 Å². The van der Waals surface area contributed by atoms with Crippen LogP contribution >= 0.6 is 0 Å². The number of likely N-dealkylation sites (N-methyl/N-ethyl adjacent to an activating group) is 1. The summed E-state index contributed by atoms with van der Waals surface area (Å²) in [6.07, 6.45) is 10.7. The Balaban J connectivity index is 2.09. The minimum atomic E-state index is -0.466. The molecule has 0 aromatic heterocycles. The second-order valence-electron chi connectivity index (χ2n) is 6.90. The van der Waals surface area contributed by atoms with Gasteiger partial charge >= 0.3 is 0 Å². The number of nitrogens with two attached hydrogens (primary N) is 1. The first-order valence-corrected chi connectivity index (χ1v) is 8.93. The Labute approximate surface area is 129 Å². The fraction of sp³-hybridized carbons (Fsp3) is 0.941. The van der Waals surface area contributed by atoms with E-state index in [1.54, 1.807) is 0 Å². The number of hydrogen-bond acceptors (Lipinski definition) is 3. The third-order valence-electron chi connectivity index (χ3n) is 5.48. The number of rotatable bonds is 6. The molecule has 2 fully saturated rings. The van der Waals surface area contributed by atoms with Gasteiger partial charge in [-0.25, -0.2) is 0 Å². The van der Waals surface area contributed by atoms with E-state index in [1.807, 2.05) is 0 Å². The van der Waals surface area contributed by atoms with Crippen LogP contribution in [0.1, 0.15) is 71.6 Å². The molecule has 0 radical (unpaired) electrons. The Hall–Kier alpha value is -0.610. The maximum atomic E-state index is 12.0. The van der Waals surface area contributed by atoms with Gasteiger partial charge in [0.1, 0.15) is 0 Å². The van der Waals surface area contributed by atoms with Crippen molar-refractivity contribution >= 4 is 5.91 Å². The maximum Gasteiger partial charge on any atom is 0.237 e. The zero-order valence-electron chi connectivity index (χ0n) is 13.9. The van der Waals surface area contributed by atoms with Crippen molar-refractivity contribution in [3.05, 3.63) is 0 Å². The molecule has 0 spiro atoms. The number of carbonyl (C=O) groups excluding carboxylic acids is 1. The summed E-state index contributed by atoms with van der Waals surface area (Å²) in [5, 5.41) is 3.41. The summed E-state index contributed by atoms with van der Waals surface area (Å²) in [4.78, 5) is 14.8. The Morgan fingerprint density at radius 1 is 1.29 bits per heavy atom. The van der Waals surface area contributed by atoms with Gasteiger partial charge in [-0.3, -0.25) is 9.69 Å². The van der Waals surface area contributed by atoms with E-state index in [0.717, 1.165) is 31.8 Å². The van der Waals surface area contributed by atoms with Crippen molar-refractivity contribution < 1.29 is 4.79 Å². The van der Waals surface area contributed by atoms with Gasteiger partial charge in [-0.1, -0.05) is 26.7 Å². The summed E-state index contributed by atoms with van der Waals surface area (Å²) in [6, 6.07) is 1.25. The van der Waals surface area contributed by atoms with Crippen LogP contribution < -0.4 is 11.1 Å². The lowest BCUT2D eigenvalue weighted by Gasteiger charge is -2.47. The molecule has 3 N–H and O–H groups in total. The summed E-state index contributed by atoms with van der Waals surface area (Å²) in [5.41, 5.74) is 5.29. The lowest BCUT2D eigenvalue weighted by molar-refractivity contribution is -0.127. The smallest absolute Gasteiger partial charge is 0.237 e. The SMILES string of the molecule is CCCC1CCCCN1C1CCCC(NCC)(C(N)=O)C1. The molecule has 4 nitrogen and oxygen atoms in total. The summed E-state index contributed by atoms with van der Waals surface area (Å²) < 4.78 is 0. The van der Waals surface area contributed by atoms with Gasteiger partial charge in [-0.05, 0) is 58.0 Å². The standard InChI is InChI=1S/C17H33N3O/c1-3-8-14-9-5-6-12-20(14)15-10-7-11-17(13-15,16(18)21)19-4-2/h14-15,19H,3-13H2,1-2H3,(H2,18,21). The van der Waals surface area contributed by atoms with Gasteiger partial charge in [-0.15, -0.1) is 0 Å². The summed E-state index contributed by atoms with van der Waals surface area (Å²) in [7, 11) is 0. The highest BCUT2D eigenvalue weighted by atomic mass is 16.1. The van der Waals surface area contributed by atoms with E-state index in [4.69, 9.17) is 5.73 Å². The predicted molar refractivity (Wildman–Crippen MR) is 87.1 cm³/mol.